The van der Waals surface area contributed by atoms with Crippen LogP contribution >= 0.6 is 0 Å². The van der Waals surface area contributed by atoms with Crippen LogP contribution in [0.5, 0.6) is 0 Å². The average Bonchev–Trinajstić information content (AvgIpc) is 2.99. The molecule has 2 N–H and O–H groups in total. The van der Waals surface area contributed by atoms with Crippen LogP contribution in [0.3, 0.4) is 0 Å². The van der Waals surface area contributed by atoms with Crippen LogP contribution < -0.4 is 10.6 Å². The maximum atomic E-state index is 12.3. The number of rotatable bonds is 5. The molecule has 0 radical (unpaired) electrons. The van der Waals surface area contributed by atoms with Gasteiger partial charge in [-0.3, -0.25) is 19.6 Å². The Morgan fingerprint density at radius 2 is 1.88 bits per heavy atom. The van der Waals surface area contributed by atoms with Gasteiger partial charge < -0.3 is 10.6 Å². The third kappa shape index (κ3) is 4.63. The Bertz CT molecular complexity index is 915. The number of nitrogens with zero attached hydrogens (tertiary/aromatic N) is 2. The van der Waals surface area contributed by atoms with Crippen molar-refractivity contribution >= 4 is 21.7 Å². The van der Waals surface area contributed by atoms with E-state index in [4.69, 9.17) is 0 Å². The van der Waals surface area contributed by atoms with E-state index in [-0.39, 0.29) is 22.8 Å². The molecule has 136 valence electrons. The van der Waals surface area contributed by atoms with Crippen molar-refractivity contribution in [3.63, 3.8) is 0 Å². The molecule has 1 unspecified atom stereocenters. The van der Waals surface area contributed by atoms with Crippen molar-refractivity contribution in [1.29, 1.82) is 0 Å². The van der Waals surface area contributed by atoms with Crippen LogP contribution in [0.4, 0.5) is 0 Å². The molecule has 3 rings (SSSR count). The molecule has 2 amide bonds. The van der Waals surface area contributed by atoms with E-state index in [0.29, 0.717) is 13.0 Å². The van der Waals surface area contributed by atoms with Crippen molar-refractivity contribution in [3.05, 3.63) is 59.7 Å². The number of hydrogen-bond acceptors (Lipinski definition) is 6. The molecular weight excluding hydrogens is 356 g/mol. The molecule has 1 aliphatic heterocycles. The van der Waals surface area contributed by atoms with E-state index in [1.807, 2.05) is 0 Å². The Kier molecular flexibility index (Phi) is 5.27. The fourth-order valence-corrected chi connectivity index (χ4v) is 4.32. The molecule has 26 heavy (non-hydrogen) atoms. The molecule has 0 aromatic carbocycles. The van der Waals surface area contributed by atoms with Gasteiger partial charge in [-0.2, -0.15) is 0 Å². The van der Waals surface area contributed by atoms with Crippen LogP contribution in [0.2, 0.25) is 0 Å². The first-order chi connectivity index (χ1) is 12.4. The first kappa shape index (κ1) is 18.0. The molecular formula is C17H18N4O4S. The summed E-state index contributed by atoms with van der Waals surface area (Å²) < 4.78 is 22.9. The van der Waals surface area contributed by atoms with E-state index in [0.717, 1.165) is 5.56 Å². The quantitative estimate of drug-likeness (QED) is 0.778. The van der Waals surface area contributed by atoms with Gasteiger partial charge in [0, 0.05) is 36.7 Å². The summed E-state index contributed by atoms with van der Waals surface area (Å²) in [6.45, 7) is 0.319. The molecule has 0 saturated carbocycles. The number of amides is 2. The van der Waals surface area contributed by atoms with Crippen molar-refractivity contribution in [3.8, 4) is 0 Å². The molecule has 3 heterocycles. The Balaban J connectivity index is 1.62. The van der Waals surface area contributed by atoms with Crippen LogP contribution in [0.25, 0.3) is 0 Å². The summed E-state index contributed by atoms with van der Waals surface area (Å²) in [6, 6.07) is 6.05. The minimum atomic E-state index is -3.07. The normalized spacial score (nSPS) is 18.2. The van der Waals surface area contributed by atoms with Gasteiger partial charge in [0.1, 0.15) is 5.69 Å². The second-order valence-corrected chi connectivity index (χ2v) is 8.27. The van der Waals surface area contributed by atoms with Crippen molar-refractivity contribution < 1.29 is 18.0 Å². The van der Waals surface area contributed by atoms with Gasteiger partial charge in [0.2, 0.25) is 0 Å². The smallest absolute Gasteiger partial charge is 0.270 e. The third-order valence-corrected chi connectivity index (χ3v) is 5.79. The zero-order chi connectivity index (χ0) is 18.6. The number of nitrogens with one attached hydrogen (secondary N) is 2. The van der Waals surface area contributed by atoms with Crippen molar-refractivity contribution in [2.45, 2.75) is 19.0 Å². The SMILES string of the molecule is O=C(NC1CCS(=O)(=O)C1)c1ccnc(C(=O)NCc2ccncc2)c1. The summed E-state index contributed by atoms with van der Waals surface area (Å²) in [7, 11) is -3.07. The monoisotopic (exact) mass is 374 g/mol. The van der Waals surface area contributed by atoms with E-state index >= 15 is 0 Å². The summed E-state index contributed by atoms with van der Waals surface area (Å²) in [5, 5.41) is 5.42. The van der Waals surface area contributed by atoms with Crippen molar-refractivity contribution in [2.24, 2.45) is 0 Å². The summed E-state index contributed by atoms with van der Waals surface area (Å²) in [5.74, 6) is -0.794. The predicted molar refractivity (Wildman–Crippen MR) is 94.2 cm³/mol. The fraction of sp³-hybridized carbons (Fsp3) is 0.294. The molecule has 1 atom stereocenters. The number of aromatic nitrogens is 2. The van der Waals surface area contributed by atoms with Crippen LogP contribution in [-0.2, 0) is 16.4 Å². The first-order valence-electron chi connectivity index (χ1n) is 8.07. The Morgan fingerprint density at radius 3 is 2.58 bits per heavy atom. The van der Waals surface area contributed by atoms with Gasteiger partial charge in [-0.05, 0) is 36.2 Å². The van der Waals surface area contributed by atoms with Crippen LogP contribution in [0.1, 0.15) is 32.8 Å². The largest absolute Gasteiger partial charge is 0.348 e. The topological polar surface area (TPSA) is 118 Å². The van der Waals surface area contributed by atoms with Gasteiger partial charge in [0.05, 0.1) is 11.5 Å². The second-order valence-electron chi connectivity index (χ2n) is 6.04. The Hall–Kier alpha value is -2.81. The number of carbonyl (C=O) groups is 2. The lowest BCUT2D eigenvalue weighted by molar-refractivity contribution is 0.0941. The maximum absolute atomic E-state index is 12.3. The van der Waals surface area contributed by atoms with E-state index in [9.17, 15) is 18.0 Å². The van der Waals surface area contributed by atoms with Crippen LogP contribution in [0, 0.1) is 0 Å². The average molecular weight is 374 g/mol. The fourth-order valence-electron chi connectivity index (χ4n) is 2.65. The van der Waals surface area contributed by atoms with Crippen molar-refractivity contribution in [2.75, 3.05) is 11.5 Å². The molecule has 2 aromatic rings. The van der Waals surface area contributed by atoms with Gasteiger partial charge >= 0.3 is 0 Å². The molecule has 1 saturated heterocycles. The highest BCUT2D eigenvalue weighted by Crippen LogP contribution is 2.12. The highest BCUT2D eigenvalue weighted by atomic mass is 32.2. The first-order valence-corrected chi connectivity index (χ1v) is 9.89. The van der Waals surface area contributed by atoms with Crippen molar-refractivity contribution in [1.82, 2.24) is 20.6 Å². The highest BCUT2D eigenvalue weighted by Gasteiger charge is 2.29. The van der Waals surface area contributed by atoms with E-state index in [1.54, 1.807) is 24.5 Å². The molecule has 0 aliphatic carbocycles. The Labute approximate surface area is 151 Å². The lowest BCUT2D eigenvalue weighted by Crippen LogP contribution is -2.35. The number of hydrogen-bond donors (Lipinski definition) is 2. The predicted octanol–water partition coefficient (Wildman–Crippen LogP) is 0.324. The van der Waals surface area contributed by atoms with E-state index < -0.39 is 27.7 Å². The van der Waals surface area contributed by atoms with Crippen LogP contribution in [-0.4, -0.2) is 47.7 Å². The third-order valence-electron chi connectivity index (χ3n) is 4.02. The van der Waals surface area contributed by atoms with E-state index in [1.165, 1.54) is 18.3 Å². The summed E-state index contributed by atoms with van der Waals surface area (Å²) in [5.41, 5.74) is 1.27. The van der Waals surface area contributed by atoms with Crippen LogP contribution in [0.15, 0.2) is 42.9 Å². The summed E-state index contributed by atoms with van der Waals surface area (Å²) >= 11 is 0. The van der Waals surface area contributed by atoms with Gasteiger partial charge in [-0.15, -0.1) is 0 Å². The molecule has 1 fully saturated rings. The highest BCUT2D eigenvalue weighted by molar-refractivity contribution is 7.91. The molecule has 2 aromatic heterocycles. The standard InChI is InChI=1S/C17H18N4O4S/c22-16(21-14-4-8-26(24,25)11-14)13-3-7-19-15(9-13)17(23)20-10-12-1-5-18-6-2-12/h1-3,5-7,9,14H,4,8,10-11H2,(H,20,23)(H,21,22). The summed E-state index contributed by atoms with van der Waals surface area (Å²) in [4.78, 5) is 32.4. The Morgan fingerprint density at radius 1 is 1.12 bits per heavy atom. The minimum Gasteiger partial charge on any atom is -0.348 e. The number of carbonyl (C=O) groups excluding carboxylic acids is 2. The minimum absolute atomic E-state index is 0.0525. The van der Waals surface area contributed by atoms with Gasteiger partial charge in [-0.1, -0.05) is 0 Å². The van der Waals surface area contributed by atoms with E-state index in [2.05, 4.69) is 20.6 Å². The molecule has 1 aliphatic rings. The number of sulfone groups is 1. The second kappa shape index (κ2) is 7.61. The summed E-state index contributed by atoms with van der Waals surface area (Å²) in [6.07, 6.45) is 5.04. The molecule has 0 spiro atoms. The molecule has 0 bridgehead atoms. The zero-order valence-corrected chi connectivity index (χ0v) is 14.7. The zero-order valence-electron chi connectivity index (χ0n) is 13.9. The maximum Gasteiger partial charge on any atom is 0.270 e. The molecule has 9 heteroatoms. The lowest BCUT2D eigenvalue weighted by atomic mass is 10.2. The molecule has 8 nitrogen and oxygen atoms in total. The van der Waals surface area contributed by atoms with Gasteiger partial charge in [0.25, 0.3) is 11.8 Å². The van der Waals surface area contributed by atoms with Gasteiger partial charge in [-0.25, -0.2) is 8.42 Å². The lowest BCUT2D eigenvalue weighted by Gasteiger charge is -2.11. The number of pyridine rings is 2. The van der Waals surface area contributed by atoms with Gasteiger partial charge in [0.15, 0.2) is 9.84 Å².